The monoisotopic (exact) mass is 336 g/mol. The van der Waals surface area contributed by atoms with Gasteiger partial charge in [0.25, 0.3) is 0 Å². The van der Waals surface area contributed by atoms with Crippen LogP contribution >= 0.6 is 0 Å². The highest BCUT2D eigenvalue weighted by atomic mass is 16.3. The van der Waals surface area contributed by atoms with Gasteiger partial charge >= 0.3 is 0 Å². The van der Waals surface area contributed by atoms with Crippen LogP contribution in [0.1, 0.15) is 23.9 Å². The Kier molecular flexibility index (Phi) is 3.83. The van der Waals surface area contributed by atoms with E-state index in [1.807, 2.05) is 21.5 Å². The summed E-state index contributed by atoms with van der Waals surface area (Å²) in [7, 11) is 0. The first-order valence-electron chi connectivity index (χ1n) is 8.42. The van der Waals surface area contributed by atoms with Gasteiger partial charge in [0.2, 0.25) is 0 Å². The first kappa shape index (κ1) is 15.6. The van der Waals surface area contributed by atoms with E-state index in [1.165, 1.54) is 5.56 Å². The standard InChI is InChI=1S/C18H20N6O/c1-4-23-11-19-21-17(23)7-8-24-10-15(20-22-24)18-13(3)14-9-12(2)5-6-16(14)25-18/h5-6,9-11H,4,7-8H2,1-3H3. The highest BCUT2D eigenvalue weighted by Crippen LogP contribution is 2.32. The number of hydrogen-bond acceptors (Lipinski definition) is 5. The first-order chi connectivity index (χ1) is 12.2. The Balaban J connectivity index is 1.58. The quantitative estimate of drug-likeness (QED) is 0.559. The molecule has 7 nitrogen and oxygen atoms in total. The summed E-state index contributed by atoms with van der Waals surface area (Å²) in [6.45, 7) is 7.78. The van der Waals surface area contributed by atoms with Gasteiger partial charge in [-0.05, 0) is 32.9 Å². The zero-order valence-corrected chi connectivity index (χ0v) is 14.6. The largest absolute Gasteiger partial charge is 0.454 e. The summed E-state index contributed by atoms with van der Waals surface area (Å²) in [6, 6.07) is 6.19. The lowest BCUT2D eigenvalue weighted by Gasteiger charge is -2.02. The SMILES string of the molecule is CCn1cnnc1CCn1cc(-c2oc3ccc(C)cc3c2C)nn1. The molecular formula is C18H20N6O. The molecule has 0 saturated heterocycles. The zero-order chi connectivity index (χ0) is 17.4. The molecule has 0 aliphatic carbocycles. The lowest BCUT2D eigenvalue weighted by Crippen LogP contribution is -2.07. The van der Waals surface area contributed by atoms with Crippen molar-refractivity contribution in [3.63, 3.8) is 0 Å². The van der Waals surface area contributed by atoms with Crippen molar-refractivity contribution in [1.82, 2.24) is 29.8 Å². The van der Waals surface area contributed by atoms with Crippen molar-refractivity contribution in [1.29, 1.82) is 0 Å². The minimum absolute atomic E-state index is 0.698. The Morgan fingerprint density at radius 2 is 2.04 bits per heavy atom. The van der Waals surface area contributed by atoms with Gasteiger partial charge in [0.05, 0.1) is 6.20 Å². The summed E-state index contributed by atoms with van der Waals surface area (Å²) >= 11 is 0. The van der Waals surface area contributed by atoms with Crippen molar-refractivity contribution < 1.29 is 4.42 Å². The van der Waals surface area contributed by atoms with Crippen LogP contribution in [-0.2, 0) is 19.5 Å². The lowest BCUT2D eigenvalue weighted by molar-refractivity contribution is 0.560. The molecular weight excluding hydrogens is 316 g/mol. The van der Waals surface area contributed by atoms with Gasteiger partial charge in [-0.15, -0.1) is 15.3 Å². The molecule has 3 heterocycles. The summed E-state index contributed by atoms with van der Waals surface area (Å²) in [5.41, 5.74) is 3.94. The molecule has 0 radical (unpaired) electrons. The van der Waals surface area contributed by atoms with Gasteiger partial charge in [-0.2, -0.15) is 0 Å². The van der Waals surface area contributed by atoms with Crippen LogP contribution in [0, 0.1) is 13.8 Å². The number of nitrogens with zero attached hydrogens (tertiary/aromatic N) is 6. The number of aryl methyl sites for hydroxylation is 5. The van der Waals surface area contributed by atoms with E-state index < -0.39 is 0 Å². The molecule has 0 amide bonds. The van der Waals surface area contributed by atoms with Crippen LogP contribution in [-0.4, -0.2) is 29.8 Å². The van der Waals surface area contributed by atoms with Crippen molar-refractivity contribution in [3.05, 3.63) is 47.7 Å². The minimum atomic E-state index is 0.698. The molecule has 0 aliphatic rings. The Morgan fingerprint density at radius 1 is 1.16 bits per heavy atom. The molecule has 0 saturated carbocycles. The van der Waals surface area contributed by atoms with Gasteiger partial charge in [0.15, 0.2) is 5.76 Å². The van der Waals surface area contributed by atoms with Crippen molar-refractivity contribution in [2.75, 3.05) is 0 Å². The van der Waals surface area contributed by atoms with E-state index in [4.69, 9.17) is 4.42 Å². The van der Waals surface area contributed by atoms with E-state index in [0.717, 1.165) is 46.8 Å². The normalized spacial score (nSPS) is 11.5. The molecule has 1 aromatic carbocycles. The third kappa shape index (κ3) is 2.82. The average Bonchev–Trinajstić information content (AvgIpc) is 3.32. The van der Waals surface area contributed by atoms with Crippen molar-refractivity contribution >= 4 is 11.0 Å². The van der Waals surface area contributed by atoms with Gasteiger partial charge in [-0.3, -0.25) is 4.68 Å². The van der Waals surface area contributed by atoms with Gasteiger partial charge in [0, 0.05) is 30.5 Å². The van der Waals surface area contributed by atoms with Gasteiger partial charge in [-0.1, -0.05) is 16.8 Å². The smallest absolute Gasteiger partial charge is 0.160 e. The van der Waals surface area contributed by atoms with E-state index >= 15 is 0 Å². The topological polar surface area (TPSA) is 74.6 Å². The number of benzene rings is 1. The fourth-order valence-electron chi connectivity index (χ4n) is 3.04. The molecule has 0 bridgehead atoms. The van der Waals surface area contributed by atoms with Crippen LogP contribution in [0.25, 0.3) is 22.4 Å². The molecule has 4 rings (SSSR count). The Bertz CT molecular complexity index is 1030. The summed E-state index contributed by atoms with van der Waals surface area (Å²) in [4.78, 5) is 0. The molecule has 0 unspecified atom stereocenters. The van der Waals surface area contributed by atoms with Gasteiger partial charge in [-0.25, -0.2) is 0 Å². The molecule has 0 N–H and O–H groups in total. The minimum Gasteiger partial charge on any atom is -0.454 e. The number of hydrogen-bond donors (Lipinski definition) is 0. The van der Waals surface area contributed by atoms with Crippen molar-refractivity contribution in [2.24, 2.45) is 0 Å². The molecule has 7 heteroatoms. The number of furan rings is 1. The van der Waals surface area contributed by atoms with E-state index in [2.05, 4.69) is 53.4 Å². The second-order valence-corrected chi connectivity index (χ2v) is 6.21. The highest BCUT2D eigenvalue weighted by Gasteiger charge is 2.15. The summed E-state index contributed by atoms with van der Waals surface area (Å²) in [6.07, 6.45) is 4.43. The maximum absolute atomic E-state index is 6.00. The maximum atomic E-state index is 6.00. The predicted octanol–water partition coefficient (Wildman–Crippen LogP) is 3.16. The van der Waals surface area contributed by atoms with Crippen LogP contribution in [0.4, 0.5) is 0 Å². The third-order valence-electron chi connectivity index (χ3n) is 4.46. The Labute approximate surface area is 145 Å². The van der Waals surface area contributed by atoms with E-state index in [9.17, 15) is 0 Å². The van der Waals surface area contributed by atoms with Crippen LogP contribution in [0.15, 0.2) is 35.1 Å². The molecule has 25 heavy (non-hydrogen) atoms. The van der Waals surface area contributed by atoms with E-state index in [1.54, 1.807) is 6.33 Å². The summed E-state index contributed by atoms with van der Waals surface area (Å²) in [5, 5.41) is 17.7. The zero-order valence-electron chi connectivity index (χ0n) is 14.6. The van der Waals surface area contributed by atoms with Gasteiger partial charge in [0.1, 0.15) is 23.4 Å². The van der Waals surface area contributed by atoms with Crippen LogP contribution in [0.2, 0.25) is 0 Å². The summed E-state index contributed by atoms with van der Waals surface area (Å²) in [5.74, 6) is 1.73. The van der Waals surface area contributed by atoms with E-state index in [-0.39, 0.29) is 0 Å². The fourth-order valence-corrected chi connectivity index (χ4v) is 3.04. The van der Waals surface area contributed by atoms with Crippen molar-refractivity contribution in [2.45, 2.75) is 40.3 Å². The van der Waals surface area contributed by atoms with Crippen molar-refractivity contribution in [3.8, 4) is 11.5 Å². The second kappa shape index (κ2) is 6.16. The fraction of sp³-hybridized carbons (Fsp3) is 0.333. The number of fused-ring (bicyclic) bond motifs is 1. The molecule has 128 valence electrons. The second-order valence-electron chi connectivity index (χ2n) is 6.21. The Hall–Kier alpha value is -2.96. The average molecular weight is 336 g/mol. The van der Waals surface area contributed by atoms with Gasteiger partial charge < -0.3 is 8.98 Å². The molecule has 0 fully saturated rings. The third-order valence-corrected chi connectivity index (χ3v) is 4.46. The predicted molar refractivity (Wildman–Crippen MR) is 94.1 cm³/mol. The molecule has 0 spiro atoms. The molecule has 0 atom stereocenters. The number of rotatable bonds is 5. The van der Waals surface area contributed by atoms with Crippen LogP contribution < -0.4 is 0 Å². The van der Waals surface area contributed by atoms with Crippen LogP contribution in [0.3, 0.4) is 0 Å². The Morgan fingerprint density at radius 3 is 2.88 bits per heavy atom. The summed E-state index contributed by atoms with van der Waals surface area (Å²) < 4.78 is 9.85. The molecule has 4 aromatic rings. The maximum Gasteiger partial charge on any atom is 0.160 e. The highest BCUT2D eigenvalue weighted by molar-refractivity contribution is 5.87. The lowest BCUT2D eigenvalue weighted by atomic mass is 10.1. The first-order valence-corrected chi connectivity index (χ1v) is 8.42. The number of aromatic nitrogens is 6. The molecule has 3 aromatic heterocycles. The van der Waals surface area contributed by atoms with Crippen LogP contribution in [0.5, 0.6) is 0 Å². The van der Waals surface area contributed by atoms with E-state index in [0.29, 0.717) is 6.54 Å². The molecule has 0 aliphatic heterocycles.